The quantitative estimate of drug-likeness (QED) is 0.149. The largest absolute Gasteiger partial charge is 0.395 e. The highest BCUT2D eigenvalue weighted by Gasteiger charge is 2.22. The minimum absolute atomic E-state index is 0.230. The fourth-order valence-electron chi connectivity index (χ4n) is 4.79. The summed E-state index contributed by atoms with van der Waals surface area (Å²) >= 11 is 0. The number of anilines is 2. The molecular formula is C30H31N7O3. The van der Waals surface area contributed by atoms with E-state index in [1.807, 2.05) is 67.6 Å². The molecule has 204 valence electrons. The second kappa shape index (κ2) is 12.0. The molecular weight excluding hydrogens is 506 g/mol. The summed E-state index contributed by atoms with van der Waals surface area (Å²) in [5.74, 6) is -0.0243. The number of imidazole rings is 1. The van der Waals surface area contributed by atoms with Gasteiger partial charge in [0.15, 0.2) is 5.65 Å². The number of aliphatic hydroxyl groups excluding tert-OH is 2. The molecule has 40 heavy (non-hydrogen) atoms. The molecule has 0 bridgehead atoms. The summed E-state index contributed by atoms with van der Waals surface area (Å²) in [6.45, 7) is 2.23. The fourth-order valence-corrected chi connectivity index (χ4v) is 4.79. The van der Waals surface area contributed by atoms with Crippen molar-refractivity contribution in [1.29, 1.82) is 0 Å². The van der Waals surface area contributed by atoms with Gasteiger partial charge < -0.3 is 31.6 Å². The van der Waals surface area contributed by atoms with E-state index in [2.05, 4.69) is 30.6 Å². The van der Waals surface area contributed by atoms with Gasteiger partial charge in [-0.25, -0.2) is 9.97 Å². The predicted molar refractivity (Wildman–Crippen MR) is 154 cm³/mol. The Labute approximate surface area is 231 Å². The normalized spacial score (nSPS) is 12.8. The summed E-state index contributed by atoms with van der Waals surface area (Å²) in [6, 6.07) is 18.2. The molecule has 0 saturated heterocycles. The molecule has 2 atom stereocenters. The summed E-state index contributed by atoms with van der Waals surface area (Å²) in [5, 5.41) is 27.5. The molecule has 7 N–H and O–H groups in total. The SMILES string of the molecule is CCc1c(CN[C@@H](CO)[C@H](O)c2ccccc2)cccc1Nc1c(C(N)=O)cnc2nc(-c3ccncc3)[nH]c12. The van der Waals surface area contributed by atoms with Crippen molar-refractivity contribution >= 4 is 28.4 Å². The van der Waals surface area contributed by atoms with Crippen molar-refractivity contribution in [3.8, 4) is 11.4 Å². The van der Waals surface area contributed by atoms with Gasteiger partial charge in [-0.1, -0.05) is 49.4 Å². The molecule has 0 aliphatic carbocycles. The molecule has 0 saturated carbocycles. The Morgan fingerprint density at radius 3 is 2.55 bits per heavy atom. The van der Waals surface area contributed by atoms with Crippen LogP contribution < -0.4 is 16.4 Å². The molecule has 5 rings (SSSR count). The minimum atomic E-state index is -0.865. The lowest BCUT2D eigenvalue weighted by molar-refractivity contribution is 0.0891. The molecule has 0 aliphatic rings. The van der Waals surface area contributed by atoms with Gasteiger partial charge >= 0.3 is 0 Å². The Bertz CT molecular complexity index is 1610. The van der Waals surface area contributed by atoms with Crippen molar-refractivity contribution in [2.45, 2.75) is 32.0 Å². The summed E-state index contributed by atoms with van der Waals surface area (Å²) in [4.78, 5) is 28.7. The number of pyridine rings is 2. The Hall–Kier alpha value is -4.64. The van der Waals surface area contributed by atoms with Gasteiger partial charge in [0.2, 0.25) is 0 Å². The number of amides is 1. The molecule has 1 amide bonds. The van der Waals surface area contributed by atoms with Gasteiger partial charge in [0.05, 0.1) is 30.0 Å². The van der Waals surface area contributed by atoms with Crippen molar-refractivity contribution < 1.29 is 15.0 Å². The molecule has 3 heterocycles. The van der Waals surface area contributed by atoms with E-state index >= 15 is 0 Å². The number of benzene rings is 2. The zero-order valence-electron chi connectivity index (χ0n) is 22.0. The van der Waals surface area contributed by atoms with Gasteiger partial charge in [0.1, 0.15) is 11.3 Å². The van der Waals surface area contributed by atoms with Gasteiger partial charge in [-0.15, -0.1) is 0 Å². The number of H-pyrrole nitrogens is 1. The van der Waals surface area contributed by atoms with Crippen LogP contribution in [0.1, 0.15) is 40.1 Å². The van der Waals surface area contributed by atoms with Crippen LogP contribution in [0.5, 0.6) is 0 Å². The monoisotopic (exact) mass is 537 g/mol. The molecule has 10 nitrogen and oxygen atoms in total. The van der Waals surface area contributed by atoms with Crippen LogP contribution in [-0.2, 0) is 13.0 Å². The van der Waals surface area contributed by atoms with Gasteiger partial charge in [-0.05, 0) is 41.3 Å². The van der Waals surface area contributed by atoms with Crippen LogP contribution >= 0.6 is 0 Å². The molecule has 0 radical (unpaired) electrons. The number of carbonyl (C=O) groups is 1. The van der Waals surface area contributed by atoms with E-state index in [1.165, 1.54) is 6.20 Å². The van der Waals surface area contributed by atoms with E-state index in [1.54, 1.807) is 12.4 Å². The lowest BCUT2D eigenvalue weighted by Gasteiger charge is -2.24. The summed E-state index contributed by atoms with van der Waals surface area (Å²) in [5.41, 5.74) is 11.8. The van der Waals surface area contributed by atoms with Crippen LogP contribution in [0.4, 0.5) is 11.4 Å². The number of nitrogens with one attached hydrogen (secondary N) is 3. The summed E-state index contributed by atoms with van der Waals surface area (Å²) in [6.07, 6.45) is 4.61. The number of nitrogens with two attached hydrogens (primary N) is 1. The minimum Gasteiger partial charge on any atom is -0.395 e. The maximum absolute atomic E-state index is 12.4. The standard InChI is InChI=1S/C30H31N7O3/c1-2-21-20(15-33-24(17-38)27(39)18-7-4-3-5-8-18)9-6-10-23(21)35-25-22(28(31)40)16-34-30-26(25)36-29(37-30)19-11-13-32-14-12-19/h3-14,16,24,27,33,38-39H,2,15,17H2,1H3,(H2,31,40)(H2,34,35,36,37)/t24-,27+/m0/s1. The maximum atomic E-state index is 12.4. The fraction of sp³-hybridized carbons (Fsp3) is 0.200. The van der Waals surface area contributed by atoms with E-state index in [-0.39, 0.29) is 12.2 Å². The number of hydrogen-bond donors (Lipinski definition) is 6. The van der Waals surface area contributed by atoms with Gasteiger partial charge in [0.25, 0.3) is 5.91 Å². The number of hydrogen-bond acceptors (Lipinski definition) is 8. The van der Waals surface area contributed by atoms with Crippen LogP contribution in [0.2, 0.25) is 0 Å². The zero-order chi connectivity index (χ0) is 28.1. The number of aromatic nitrogens is 4. The Morgan fingerprint density at radius 2 is 1.85 bits per heavy atom. The molecule has 3 aromatic heterocycles. The average Bonchev–Trinajstić information content (AvgIpc) is 3.43. The zero-order valence-corrected chi connectivity index (χ0v) is 22.0. The average molecular weight is 538 g/mol. The number of rotatable bonds is 11. The van der Waals surface area contributed by atoms with E-state index in [0.29, 0.717) is 35.6 Å². The second-order valence-electron chi connectivity index (χ2n) is 9.38. The Kier molecular flexibility index (Phi) is 8.11. The van der Waals surface area contributed by atoms with E-state index in [9.17, 15) is 15.0 Å². The van der Waals surface area contributed by atoms with Crippen molar-refractivity contribution in [2.75, 3.05) is 11.9 Å². The molecule has 0 aliphatic heterocycles. The van der Waals surface area contributed by atoms with Crippen molar-refractivity contribution in [3.05, 3.63) is 102 Å². The molecule has 10 heteroatoms. The molecule has 5 aromatic rings. The number of carbonyl (C=O) groups excluding carboxylic acids is 1. The molecule has 0 fully saturated rings. The Morgan fingerprint density at radius 1 is 1.07 bits per heavy atom. The van der Waals surface area contributed by atoms with Gasteiger partial charge in [0, 0.05) is 36.4 Å². The van der Waals surface area contributed by atoms with Crippen molar-refractivity contribution in [1.82, 2.24) is 25.3 Å². The highest BCUT2D eigenvalue weighted by molar-refractivity contribution is 6.06. The van der Waals surface area contributed by atoms with Crippen LogP contribution in [0.25, 0.3) is 22.6 Å². The third-order valence-corrected chi connectivity index (χ3v) is 6.90. The smallest absolute Gasteiger partial charge is 0.252 e. The first kappa shape index (κ1) is 26.9. The number of fused-ring (bicyclic) bond motifs is 1. The van der Waals surface area contributed by atoms with E-state index in [0.717, 1.165) is 27.9 Å². The first-order valence-electron chi connectivity index (χ1n) is 13.0. The van der Waals surface area contributed by atoms with Crippen molar-refractivity contribution in [3.63, 3.8) is 0 Å². The van der Waals surface area contributed by atoms with Crippen molar-refractivity contribution in [2.24, 2.45) is 5.73 Å². The molecule has 0 spiro atoms. The lowest BCUT2D eigenvalue weighted by Crippen LogP contribution is -2.37. The van der Waals surface area contributed by atoms with E-state index < -0.39 is 18.1 Å². The number of aromatic amines is 1. The van der Waals surface area contributed by atoms with Gasteiger partial charge in [-0.3, -0.25) is 9.78 Å². The first-order chi connectivity index (χ1) is 19.5. The molecule has 0 unspecified atom stereocenters. The predicted octanol–water partition coefficient (Wildman–Crippen LogP) is 3.61. The topological polar surface area (TPSA) is 162 Å². The first-order valence-corrected chi connectivity index (χ1v) is 13.0. The van der Waals surface area contributed by atoms with E-state index in [4.69, 9.17) is 5.73 Å². The highest BCUT2D eigenvalue weighted by atomic mass is 16.3. The number of aliphatic hydroxyl groups is 2. The second-order valence-corrected chi connectivity index (χ2v) is 9.38. The van der Waals surface area contributed by atoms with Crippen LogP contribution in [-0.4, -0.2) is 48.7 Å². The third kappa shape index (κ3) is 5.55. The summed E-state index contributed by atoms with van der Waals surface area (Å²) < 4.78 is 0. The lowest BCUT2D eigenvalue weighted by atomic mass is 10.00. The highest BCUT2D eigenvalue weighted by Crippen LogP contribution is 2.32. The van der Waals surface area contributed by atoms with Crippen LogP contribution in [0.3, 0.4) is 0 Å². The third-order valence-electron chi connectivity index (χ3n) is 6.90. The van der Waals surface area contributed by atoms with Crippen LogP contribution in [0.15, 0.2) is 79.3 Å². The Balaban J connectivity index is 1.46. The van der Waals surface area contributed by atoms with Gasteiger partial charge in [-0.2, -0.15) is 0 Å². The number of primary amides is 1. The summed E-state index contributed by atoms with van der Waals surface area (Å²) in [7, 11) is 0. The maximum Gasteiger partial charge on any atom is 0.252 e. The molecule has 2 aromatic carbocycles. The van der Waals surface area contributed by atoms with Crippen LogP contribution in [0, 0.1) is 0 Å². The number of nitrogens with zero attached hydrogens (tertiary/aromatic N) is 3.